The Hall–Kier alpha value is -2.32. The number of amides is 2. The van der Waals surface area contributed by atoms with Crippen LogP contribution in [0.4, 0.5) is 5.69 Å². The van der Waals surface area contributed by atoms with Crippen molar-refractivity contribution in [3.63, 3.8) is 0 Å². The fraction of sp³-hybridized carbons (Fsp3) is 0.286. The summed E-state index contributed by atoms with van der Waals surface area (Å²) in [6, 6.07) is 9.09. The first-order valence-corrected chi connectivity index (χ1v) is 5.86. The molecule has 0 aliphatic heterocycles. The number of anilines is 1. The third-order valence-electron chi connectivity index (χ3n) is 2.37. The molecule has 0 aliphatic rings. The van der Waals surface area contributed by atoms with Gasteiger partial charge in [-0.1, -0.05) is 24.1 Å². The fourth-order valence-electron chi connectivity index (χ4n) is 1.40. The van der Waals surface area contributed by atoms with Crippen LogP contribution < -0.4 is 10.6 Å². The monoisotopic (exact) mass is 259 g/mol. The molecule has 0 atom stereocenters. The van der Waals surface area contributed by atoms with Crippen LogP contribution in [-0.2, 0) is 9.59 Å². The highest BCUT2D eigenvalue weighted by Gasteiger charge is 2.12. The van der Waals surface area contributed by atoms with Crippen molar-refractivity contribution in [1.82, 2.24) is 10.2 Å². The molecule has 0 saturated carbocycles. The van der Waals surface area contributed by atoms with Gasteiger partial charge in [-0.25, -0.2) is 0 Å². The Labute approximate surface area is 113 Å². The molecule has 0 heterocycles. The highest BCUT2D eigenvalue weighted by atomic mass is 16.2. The normalized spacial score (nSPS) is 9.47. The van der Waals surface area contributed by atoms with Gasteiger partial charge in [0.1, 0.15) is 0 Å². The van der Waals surface area contributed by atoms with Crippen molar-refractivity contribution in [2.24, 2.45) is 0 Å². The molecule has 1 aromatic rings. The number of hydrogen-bond acceptors (Lipinski definition) is 3. The van der Waals surface area contributed by atoms with E-state index in [-0.39, 0.29) is 24.9 Å². The number of nitrogens with zero attached hydrogens (tertiary/aromatic N) is 1. The number of rotatable bonds is 6. The summed E-state index contributed by atoms with van der Waals surface area (Å²) < 4.78 is 0. The lowest BCUT2D eigenvalue weighted by Gasteiger charge is -2.16. The van der Waals surface area contributed by atoms with Gasteiger partial charge in [0.05, 0.1) is 19.6 Å². The second-order valence-electron chi connectivity index (χ2n) is 3.97. The molecular weight excluding hydrogens is 242 g/mol. The zero-order chi connectivity index (χ0) is 14.1. The van der Waals surface area contributed by atoms with Crippen LogP contribution in [0, 0.1) is 12.3 Å². The third kappa shape index (κ3) is 5.70. The summed E-state index contributed by atoms with van der Waals surface area (Å²) in [6.07, 6.45) is 5.06. The van der Waals surface area contributed by atoms with Crippen molar-refractivity contribution in [3.8, 4) is 12.3 Å². The molecule has 2 amide bonds. The van der Waals surface area contributed by atoms with E-state index < -0.39 is 0 Å². The van der Waals surface area contributed by atoms with Gasteiger partial charge >= 0.3 is 0 Å². The average molecular weight is 259 g/mol. The van der Waals surface area contributed by atoms with Crippen molar-refractivity contribution in [1.29, 1.82) is 0 Å². The lowest BCUT2D eigenvalue weighted by Crippen LogP contribution is -2.40. The van der Waals surface area contributed by atoms with E-state index in [1.165, 1.54) is 4.90 Å². The predicted molar refractivity (Wildman–Crippen MR) is 74.4 cm³/mol. The summed E-state index contributed by atoms with van der Waals surface area (Å²) in [5, 5.41) is 5.49. The van der Waals surface area contributed by atoms with E-state index in [2.05, 4.69) is 16.6 Å². The second kappa shape index (κ2) is 7.90. The lowest BCUT2D eigenvalue weighted by molar-refractivity contribution is -0.132. The molecule has 0 aromatic heterocycles. The molecule has 0 radical (unpaired) electrons. The van der Waals surface area contributed by atoms with E-state index in [0.717, 1.165) is 0 Å². The second-order valence-corrected chi connectivity index (χ2v) is 3.97. The number of nitrogens with one attached hydrogen (secondary N) is 2. The van der Waals surface area contributed by atoms with Crippen LogP contribution in [0.5, 0.6) is 0 Å². The number of para-hydroxylation sites is 1. The van der Waals surface area contributed by atoms with Crippen LogP contribution in [-0.4, -0.2) is 43.4 Å². The van der Waals surface area contributed by atoms with Gasteiger partial charge in [-0.2, -0.15) is 0 Å². The van der Waals surface area contributed by atoms with Gasteiger partial charge in [0, 0.05) is 12.7 Å². The van der Waals surface area contributed by atoms with Crippen LogP contribution in [0.2, 0.25) is 0 Å². The first kappa shape index (κ1) is 14.7. The van der Waals surface area contributed by atoms with Crippen LogP contribution in [0.3, 0.4) is 0 Å². The Bertz CT molecular complexity index is 465. The number of carbonyl (C=O) groups is 2. The minimum absolute atomic E-state index is 0.00542. The summed E-state index contributed by atoms with van der Waals surface area (Å²) in [5.74, 6) is 1.96. The number of benzene rings is 1. The lowest BCUT2D eigenvalue weighted by atomic mass is 10.3. The van der Waals surface area contributed by atoms with Crippen molar-refractivity contribution in [3.05, 3.63) is 30.3 Å². The molecule has 0 saturated heterocycles. The smallest absolute Gasteiger partial charge is 0.243 e. The van der Waals surface area contributed by atoms with Gasteiger partial charge in [-0.15, -0.1) is 6.42 Å². The zero-order valence-corrected chi connectivity index (χ0v) is 10.8. The fourth-order valence-corrected chi connectivity index (χ4v) is 1.40. The standard InChI is InChI=1S/C14H17N3O2/c1-3-9-15-10-14(19)17(2)11-13(18)16-12-7-5-4-6-8-12/h1,4-8,15H,9-11H2,2H3,(H,16,18). The van der Waals surface area contributed by atoms with Crippen molar-refractivity contribution in [2.45, 2.75) is 0 Å². The average Bonchev–Trinajstić information content (AvgIpc) is 2.39. The molecule has 2 N–H and O–H groups in total. The summed E-state index contributed by atoms with van der Waals surface area (Å²) in [6.45, 7) is 0.459. The van der Waals surface area contributed by atoms with Gasteiger partial charge in [-0.05, 0) is 12.1 Å². The van der Waals surface area contributed by atoms with Crippen LogP contribution in [0.1, 0.15) is 0 Å². The van der Waals surface area contributed by atoms with Gasteiger partial charge in [0.2, 0.25) is 11.8 Å². The number of terminal acetylenes is 1. The summed E-state index contributed by atoms with van der Waals surface area (Å²) in [4.78, 5) is 24.7. The number of hydrogen-bond donors (Lipinski definition) is 2. The molecular formula is C14H17N3O2. The summed E-state index contributed by atoms with van der Waals surface area (Å²) in [7, 11) is 1.57. The third-order valence-corrected chi connectivity index (χ3v) is 2.37. The van der Waals surface area contributed by atoms with E-state index in [1.807, 2.05) is 18.2 Å². The van der Waals surface area contributed by atoms with Crippen molar-refractivity contribution in [2.75, 3.05) is 32.0 Å². The first-order chi connectivity index (χ1) is 9.13. The van der Waals surface area contributed by atoms with Gasteiger partial charge in [0.15, 0.2) is 0 Å². The molecule has 0 unspecified atom stereocenters. The predicted octanol–water partition coefficient (Wildman–Crippen LogP) is 0.306. The highest BCUT2D eigenvalue weighted by molar-refractivity contribution is 5.94. The quantitative estimate of drug-likeness (QED) is 0.571. The Morgan fingerprint density at radius 3 is 2.63 bits per heavy atom. The van der Waals surface area contributed by atoms with E-state index in [9.17, 15) is 9.59 Å². The molecule has 0 spiro atoms. The minimum Gasteiger partial charge on any atom is -0.335 e. The molecule has 1 aromatic carbocycles. The Morgan fingerprint density at radius 2 is 2.00 bits per heavy atom. The Morgan fingerprint density at radius 1 is 1.32 bits per heavy atom. The van der Waals surface area contributed by atoms with E-state index in [0.29, 0.717) is 12.2 Å². The molecule has 5 heteroatoms. The topological polar surface area (TPSA) is 61.4 Å². The molecule has 0 bridgehead atoms. The van der Waals surface area contributed by atoms with E-state index >= 15 is 0 Å². The highest BCUT2D eigenvalue weighted by Crippen LogP contribution is 2.04. The molecule has 19 heavy (non-hydrogen) atoms. The largest absolute Gasteiger partial charge is 0.335 e. The summed E-state index contributed by atoms with van der Waals surface area (Å²) in [5.41, 5.74) is 0.707. The van der Waals surface area contributed by atoms with E-state index in [1.54, 1.807) is 19.2 Å². The maximum Gasteiger partial charge on any atom is 0.243 e. The van der Waals surface area contributed by atoms with Crippen LogP contribution >= 0.6 is 0 Å². The molecule has 0 fully saturated rings. The van der Waals surface area contributed by atoms with Crippen molar-refractivity contribution < 1.29 is 9.59 Å². The van der Waals surface area contributed by atoms with Crippen LogP contribution in [0.15, 0.2) is 30.3 Å². The van der Waals surface area contributed by atoms with E-state index in [4.69, 9.17) is 6.42 Å². The van der Waals surface area contributed by atoms with Gasteiger partial charge in [-0.3, -0.25) is 14.9 Å². The SMILES string of the molecule is C#CCNCC(=O)N(C)CC(=O)Nc1ccccc1. The van der Waals surface area contributed by atoms with Crippen LogP contribution in [0.25, 0.3) is 0 Å². The van der Waals surface area contributed by atoms with Gasteiger partial charge < -0.3 is 10.2 Å². The zero-order valence-electron chi connectivity index (χ0n) is 10.8. The molecule has 100 valence electrons. The molecule has 0 aliphatic carbocycles. The minimum atomic E-state index is -0.237. The maximum atomic E-state index is 11.7. The summed E-state index contributed by atoms with van der Waals surface area (Å²) >= 11 is 0. The van der Waals surface area contributed by atoms with Gasteiger partial charge in [0.25, 0.3) is 0 Å². The number of likely N-dealkylation sites (N-methyl/N-ethyl adjacent to an activating group) is 1. The Balaban J connectivity index is 2.35. The molecule has 5 nitrogen and oxygen atoms in total. The number of carbonyl (C=O) groups excluding carboxylic acids is 2. The molecule has 1 rings (SSSR count). The maximum absolute atomic E-state index is 11.7. The van der Waals surface area contributed by atoms with Crippen molar-refractivity contribution >= 4 is 17.5 Å². The Kier molecular flexibility index (Phi) is 6.13. The first-order valence-electron chi connectivity index (χ1n) is 5.86.